The van der Waals surface area contributed by atoms with E-state index in [0.717, 1.165) is 45.3 Å². The van der Waals surface area contributed by atoms with Gasteiger partial charge in [0.2, 0.25) is 0 Å². The normalized spacial score (nSPS) is 35.9. The highest BCUT2D eigenvalue weighted by atomic mass is 16.4. The van der Waals surface area contributed by atoms with E-state index in [1.165, 1.54) is 0 Å². The van der Waals surface area contributed by atoms with Crippen molar-refractivity contribution in [3.05, 3.63) is 0 Å². The first-order valence-electron chi connectivity index (χ1n) is 7.68. The molecule has 2 unspecified atom stereocenters. The fourth-order valence-corrected chi connectivity index (χ4v) is 3.68. The summed E-state index contributed by atoms with van der Waals surface area (Å²) in [5, 5.41) is 12.6. The van der Waals surface area contributed by atoms with Gasteiger partial charge in [0.25, 0.3) is 0 Å². The van der Waals surface area contributed by atoms with Gasteiger partial charge in [-0.3, -0.25) is 14.6 Å². The zero-order chi connectivity index (χ0) is 15.0. The Morgan fingerprint density at radius 3 is 2.60 bits per heavy atom. The molecule has 0 radical (unpaired) electrons. The number of carbonyl (C=O) groups is 1. The monoisotopic (exact) mass is 283 g/mol. The number of hydrogen-bond acceptors (Lipinski definition) is 4. The third kappa shape index (κ3) is 2.85. The summed E-state index contributed by atoms with van der Waals surface area (Å²) in [5.74, 6) is -0.696. The van der Waals surface area contributed by atoms with Gasteiger partial charge in [-0.25, -0.2) is 0 Å². The van der Waals surface area contributed by atoms with E-state index in [1.807, 2.05) is 0 Å². The van der Waals surface area contributed by atoms with Crippen LogP contribution in [0.3, 0.4) is 0 Å². The van der Waals surface area contributed by atoms with Crippen LogP contribution in [0.2, 0.25) is 0 Å². The number of nitrogens with one attached hydrogen (secondary N) is 1. The van der Waals surface area contributed by atoms with Crippen LogP contribution >= 0.6 is 0 Å². The third-order valence-corrected chi connectivity index (χ3v) is 5.48. The van der Waals surface area contributed by atoms with E-state index >= 15 is 0 Å². The number of hydrogen-bond donors (Lipinski definition) is 2. The van der Waals surface area contributed by atoms with Gasteiger partial charge in [-0.15, -0.1) is 0 Å². The summed E-state index contributed by atoms with van der Waals surface area (Å²) < 4.78 is 0. The second-order valence-electron chi connectivity index (χ2n) is 7.09. The maximum absolute atomic E-state index is 11.6. The smallest absolute Gasteiger partial charge is 0.323 e. The van der Waals surface area contributed by atoms with Crippen molar-refractivity contribution in [1.82, 2.24) is 15.1 Å². The lowest BCUT2D eigenvalue weighted by Gasteiger charge is -2.50. The summed E-state index contributed by atoms with van der Waals surface area (Å²) in [5.41, 5.74) is -0.558. The maximum atomic E-state index is 11.6. The molecule has 2 fully saturated rings. The fraction of sp³-hybridized carbons (Fsp3) is 0.933. The van der Waals surface area contributed by atoms with E-state index in [-0.39, 0.29) is 5.54 Å². The summed E-state index contributed by atoms with van der Waals surface area (Å²) >= 11 is 0. The summed E-state index contributed by atoms with van der Waals surface area (Å²) in [7, 11) is 3.96. The molecule has 20 heavy (non-hydrogen) atoms. The van der Waals surface area contributed by atoms with Crippen molar-refractivity contribution < 1.29 is 9.90 Å². The van der Waals surface area contributed by atoms with Crippen LogP contribution in [0.25, 0.3) is 0 Å². The molecule has 116 valence electrons. The molecule has 5 heteroatoms. The number of carboxylic acids is 1. The Bertz CT molecular complexity index is 372. The number of likely N-dealkylation sites (N-methyl/N-ethyl adjacent to an activating group) is 2. The molecule has 2 aliphatic rings. The molecule has 2 atom stereocenters. The average molecular weight is 283 g/mol. The number of nitrogens with zero attached hydrogens (tertiary/aromatic N) is 2. The molecule has 1 heterocycles. The SMILES string of the molecule is CNC1(C(=O)O)CCCC(N2CCN(C)C(C)(C)C2)C1. The number of carboxylic acid groups (broad SMARTS) is 1. The second-order valence-corrected chi connectivity index (χ2v) is 7.09. The van der Waals surface area contributed by atoms with Gasteiger partial charge < -0.3 is 10.4 Å². The lowest BCUT2D eigenvalue weighted by molar-refractivity contribution is -0.147. The topological polar surface area (TPSA) is 55.8 Å². The van der Waals surface area contributed by atoms with E-state index in [1.54, 1.807) is 7.05 Å². The van der Waals surface area contributed by atoms with E-state index < -0.39 is 11.5 Å². The molecule has 1 saturated carbocycles. The van der Waals surface area contributed by atoms with Crippen molar-refractivity contribution in [3.63, 3.8) is 0 Å². The molecule has 0 amide bonds. The van der Waals surface area contributed by atoms with E-state index in [4.69, 9.17) is 0 Å². The highest BCUT2D eigenvalue weighted by Crippen LogP contribution is 2.33. The van der Waals surface area contributed by atoms with Crippen LogP contribution < -0.4 is 5.32 Å². The van der Waals surface area contributed by atoms with Crippen LogP contribution in [-0.4, -0.2) is 71.7 Å². The minimum absolute atomic E-state index is 0.168. The Hall–Kier alpha value is -0.650. The summed E-state index contributed by atoms with van der Waals surface area (Å²) in [6.45, 7) is 7.66. The van der Waals surface area contributed by atoms with Crippen molar-refractivity contribution in [2.24, 2.45) is 0 Å². The van der Waals surface area contributed by atoms with Crippen LogP contribution in [0.1, 0.15) is 39.5 Å². The Balaban J connectivity index is 2.08. The van der Waals surface area contributed by atoms with Crippen LogP contribution in [-0.2, 0) is 4.79 Å². The van der Waals surface area contributed by atoms with E-state index in [9.17, 15) is 9.90 Å². The molecule has 0 spiro atoms. The van der Waals surface area contributed by atoms with Gasteiger partial charge in [0.15, 0.2) is 0 Å². The molecule has 2 rings (SSSR count). The summed E-state index contributed by atoms with van der Waals surface area (Å²) in [6.07, 6.45) is 3.58. The molecule has 0 aromatic rings. The highest BCUT2D eigenvalue weighted by Gasteiger charge is 2.44. The molecule has 5 nitrogen and oxygen atoms in total. The summed E-state index contributed by atoms with van der Waals surface area (Å²) in [4.78, 5) is 16.5. The molecule has 1 aliphatic carbocycles. The highest BCUT2D eigenvalue weighted by molar-refractivity contribution is 5.79. The maximum Gasteiger partial charge on any atom is 0.323 e. The van der Waals surface area contributed by atoms with Gasteiger partial charge in [-0.1, -0.05) is 0 Å². The zero-order valence-electron chi connectivity index (χ0n) is 13.3. The summed E-state index contributed by atoms with van der Waals surface area (Å²) in [6, 6.07) is 0.389. The molecule has 0 aromatic carbocycles. The Morgan fingerprint density at radius 2 is 2.05 bits per heavy atom. The standard InChI is InChI=1S/C15H29N3O2/c1-14(2)11-18(9-8-17(14)4)12-6-5-7-15(10-12,16-3)13(19)20/h12,16H,5-11H2,1-4H3,(H,19,20). The van der Waals surface area contributed by atoms with Gasteiger partial charge in [0.1, 0.15) is 5.54 Å². The van der Waals surface area contributed by atoms with Crippen molar-refractivity contribution in [1.29, 1.82) is 0 Å². The molecule has 2 N–H and O–H groups in total. The van der Waals surface area contributed by atoms with Crippen LogP contribution in [0.5, 0.6) is 0 Å². The molecule has 1 aliphatic heterocycles. The van der Waals surface area contributed by atoms with Gasteiger partial charge >= 0.3 is 5.97 Å². The lowest BCUT2D eigenvalue weighted by atomic mass is 9.78. The first-order valence-corrected chi connectivity index (χ1v) is 7.68. The minimum atomic E-state index is -0.726. The lowest BCUT2D eigenvalue weighted by Crippen LogP contribution is -2.63. The quantitative estimate of drug-likeness (QED) is 0.809. The predicted molar refractivity (Wildman–Crippen MR) is 80.0 cm³/mol. The number of aliphatic carboxylic acids is 1. The Kier molecular flexibility index (Phi) is 4.42. The Labute approximate surface area is 122 Å². The number of piperazine rings is 1. The largest absolute Gasteiger partial charge is 0.480 e. The van der Waals surface area contributed by atoms with Gasteiger partial charge in [0, 0.05) is 31.2 Å². The van der Waals surface area contributed by atoms with E-state index in [0.29, 0.717) is 6.04 Å². The Morgan fingerprint density at radius 1 is 1.35 bits per heavy atom. The molecular weight excluding hydrogens is 254 g/mol. The van der Waals surface area contributed by atoms with Crippen LogP contribution in [0, 0.1) is 0 Å². The zero-order valence-corrected chi connectivity index (χ0v) is 13.3. The van der Waals surface area contributed by atoms with Crippen LogP contribution in [0.4, 0.5) is 0 Å². The van der Waals surface area contributed by atoms with Crippen molar-refractivity contribution in [3.8, 4) is 0 Å². The van der Waals surface area contributed by atoms with Gasteiger partial charge in [0.05, 0.1) is 0 Å². The third-order valence-electron chi connectivity index (χ3n) is 5.48. The average Bonchev–Trinajstić information content (AvgIpc) is 2.41. The van der Waals surface area contributed by atoms with Crippen LogP contribution in [0.15, 0.2) is 0 Å². The first kappa shape index (κ1) is 15.7. The van der Waals surface area contributed by atoms with Crippen molar-refractivity contribution in [2.75, 3.05) is 33.7 Å². The minimum Gasteiger partial charge on any atom is -0.480 e. The van der Waals surface area contributed by atoms with Crippen molar-refractivity contribution in [2.45, 2.75) is 56.7 Å². The second kappa shape index (κ2) is 5.62. The van der Waals surface area contributed by atoms with Gasteiger partial charge in [-0.05, 0) is 53.6 Å². The fourth-order valence-electron chi connectivity index (χ4n) is 3.68. The van der Waals surface area contributed by atoms with Crippen molar-refractivity contribution >= 4 is 5.97 Å². The molecular formula is C15H29N3O2. The number of rotatable bonds is 3. The first-order chi connectivity index (χ1) is 9.31. The molecule has 0 bridgehead atoms. The molecule has 0 aromatic heterocycles. The predicted octanol–water partition coefficient (Wildman–Crippen LogP) is 0.998. The van der Waals surface area contributed by atoms with E-state index in [2.05, 4.69) is 36.0 Å². The van der Waals surface area contributed by atoms with Gasteiger partial charge in [-0.2, -0.15) is 0 Å². The molecule has 1 saturated heterocycles.